The molecule has 144 valence electrons. The van der Waals surface area contributed by atoms with Gasteiger partial charge in [-0.05, 0) is 56.1 Å². The van der Waals surface area contributed by atoms with Crippen molar-refractivity contribution < 1.29 is 9.59 Å². The van der Waals surface area contributed by atoms with Crippen LogP contribution in [0.3, 0.4) is 0 Å². The predicted molar refractivity (Wildman–Crippen MR) is 111 cm³/mol. The Kier molecular flexibility index (Phi) is 7.64. The highest BCUT2D eigenvalue weighted by molar-refractivity contribution is 6.02. The zero-order valence-corrected chi connectivity index (χ0v) is 16.1. The van der Waals surface area contributed by atoms with Crippen LogP contribution in [0.4, 0.5) is 16.2 Å². The first kappa shape index (κ1) is 20.7. The summed E-state index contributed by atoms with van der Waals surface area (Å²) in [4.78, 5) is 24.7. The van der Waals surface area contributed by atoms with Crippen LogP contribution < -0.4 is 21.3 Å². The smallest absolute Gasteiger partial charge is 0.323 e. The number of urea groups is 1. The van der Waals surface area contributed by atoms with Gasteiger partial charge < -0.3 is 21.3 Å². The van der Waals surface area contributed by atoms with Gasteiger partial charge >= 0.3 is 6.03 Å². The Morgan fingerprint density at radius 1 is 1.07 bits per heavy atom. The maximum atomic E-state index is 12.5. The zero-order chi connectivity index (χ0) is 18.4. The standard InChI is InChI=1S/C20H24N4O2.ClH/c1-14-9-10-15(19(25)22-17-8-5-11-21-13-17)12-18(14)24-20(26)23-16-6-3-2-4-7-16;/h2-4,6-7,9-10,12,17,21H,5,8,11,13H2,1H3,(H,22,25)(H2,23,24,26);1H/t17-;/m0./s1. The monoisotopic (exact) mass is 388 g/mol. The molecule has 0 spiro atoms. The first-order valence-electron chi connectivity index (χ1n) is 8.87. The van der Waals surface area contributed by atoms with Gasteiger partial charge in [0, 0.05) is 29.5 Å². The number of carbonyl (C=O) groups excluding carboxylic acids is 2. The molecule has 0 unspecified atom stereocenters. The lowest BCUT2D eigenvalue weighted by atomic mass is 10.1. The molecular formula is C20H25ClN4O2. The van der Waals surface area contributed by atoms with Crippen molar-refractivity contribution in [2.24, 2.45) is 0 Å². The van der Waals surface area contributed by atoms with E-state index in [1.807, 2.05) is 43.3 Å². The van der Waals surface area contributed by atoms with Gasteiger partial charge in [-0.2, -0.15) is 0 Å². The second-order valence-electron chi connectivity index (χ2n) is 6.49. The highest BCUT2D eigenvalue weighted by Gasteiger charge is 2.17. The number of aryl methyl sites for hydroxylation is 1. The number of rotatable bonds is 4. The zero-order valence-electron chi connectivity index (χ0n) is 15.2. The molecule has 0 saturated carbocycles. The summed E-state index contributed by atoms with van der Waals surface area (Å²) in [6.45, 7) is 3.69. The van der Waals surface area contributed by atoms with Crippen LogP contribution in [-0.2, 0) is 0 Å². The van der Waals surface area contributed by atoms with E-state index in [1.165, 1.54) is 0 Å². The Balaban J connectivity index is 0.00000261. The number of hydrogen-bond acceptors (Lipinski definition) is 3. The number of piperidine rings is 1. The van der Waals surface area contributed by atoms with Crippen molar-refractivity contribution in [1.29, 1.82) is 0 Å². The molecule has 0 bridgehead atoms. The molecule has 1 heterocycles. The molecule has 6 nitrogen and oxygen atoms in total. The van der Waals surface area contributed by atoms with E-state index >= 15 is 0 Å². The lowest BCUT2D eigenvalue weighted by molar-refractivity contribution is 0.0930. The maximum absolute atomic E-state index is 12.5. The molecule has 4 N–H and O–H groups in total. The number of amides is 3. The molecule has 3 amide bonds. The summed E-state index contributed by atoms with van der Waals surface area (Å²) in [5.74, 6) is -0.120. The Morgan fingerprint density at radius 2 is 1.85 bits per heavy atom. The number of halogens is 1. The van der Waals surface area contributed by atoms with Crippen LogP contribution in [0.5, 0.6) is 0 Å². The summed E-state index contributed by atoms with van der Waals surface area (Å²) < 4.78 is 0. The van der Waals surface area contributed by atoms with E-state index in [1.54, 1.807) is 12.1 Å². The molecule has 0 radical (unpaired) electrons. The molecule has 27 heavy (non-hydrogen) atoms. The van der Waals surface area contributed by atoms with Gasteiger partial charge in [-0.1, -0.05) is 24.3 Å². The SMILES string of the molecule is Cc1ccc(C(=O)N[C@H]2CCCNC2)cc1NC(=O)Nc1ccccc1.Cl. The van der Waals surface area contributed by atoms with Gasteiger partial charge in [-0.3, -0.25) is 4.79 Å². The minimum atomic E-state index is -0.340. The fourth-order valence-electron chi connectivity index (χ4n) is 2.95. The van der Waals surface area contributed by atoms with Gasteiger partial charge in [0.25, 0.3) is 5.91 Å². The molecule has 0 aliphatic carbocycles. The van der Waals surface area contributed by atoms with Gasteiger partial charge in [0.15, 0.2) is 0 Å². The molecule has 1 fully saturated rings. The van der Waals surface area contributed by atoms with E-state index in [2.05, 4.69) is 21.3 Å². The third kappa shape index (κ3) is 5.98. The Bertz CT molecular complexity index is 777. The summed E-state index contributed by atoms with van der Waals surface area (Å²) in [6, 6.07) is 14.4. The largest absolute Gasteiger partial charge is 0.348 e. The minimum absolute atomic E-state index is 0. The van der Waals surface area contributed by atoms with Crippen LogP contribution in [0.25, 0.3) is 0 Å². The molecule has 1 saturated heterocycles. The Hall–Kier alpha value is -2.57. The third-order valence-corrected chi connectivity index (χ3v) is 4.41. The van der Waals surface area contributed by atoms with Crippen LogP contribution in [0.15, 0.2) is 48.5 Å². The average molecular weight is 389 g/mol. The Labute approximate surface area is 165 Å². The topological polar surface area (TPSA) is 82.3 Å². The lowest BCUT2D eigenvalue weighted by Gasteiger charge is -2.24. The molecule has 7 heteroatoms. The fourth-order valence-corrected chi connectivity index (χ4v) is 2.95. The number of anilines is 2. The van der Waals surface area contributed by atoms with Crippen LogP contribution in [0, 0.1) is 6.92 Å². The van der Waals surface area contributed by atoms with Crippen molar-refractivity contribution in [2.45, 2.75) is 25.8 Å². The second-order valence-corrected chi connectivity index (χ2v) is 6.49. The normalized spacial score (nSPS) is 16.0. The number of hydrogen-bond donors (Lipinski definition) is 4. The summed E-state index contributed by atoms with van der Waals surface area (Å²) in [5, 5.41) is 11.9. The molecule has 2 aromatic carbocycles. The van der Waals surface area contributed by atoms with Crippen molar-refractivity contribution in [3.63, 3.8) is 0 Å². The summed E-state index contributed by atoms with van der Waals surface area (Å²) in [5.41, 5.74) is 2.76. The Morgan fingerprint density at radius 3 is 2.56 bits per heavy atom. The molecule has 1 aliphatic rings. The maximum Gasteiger partial charge on any atom is 0.323 e. The van der Waals surface area contributed by atoms with E-state index in [-0.39, 0.29) is 30.4 Å². The molecule has 3 rings (SSSR count). The molecule has 2 aromatic rings. The van der Waals surface area contributed by atoms with E-state index in [0.29, 0.717) is 16.9 Å². The van der Waals surface area contributed by atoms with E-state index in [4.69, 9.17) is 0 Å². The third-order valence-electron chi connectivity index (χ3n) is 4.41. The quantitative estimate of drug-likeness (QED) is 0.646. The second kappa shape index (κ2) is 9.94. The van der Waals surface area contributed by atoms with Gasteiger partial charge in [0.1, 0.15) is 0 Å². The van der Waals surface area contributed by atoms with Gasteiger partial charge in [0.2, 0.25) is 0 Å². The van der Waals surface area contributed by atoms with E-state index in [0.717, 1.165) is 31.5 Å². The van der Waals surface area contributed by atoms with Crippen molar-refractivity contribution in [3.05, 3.63) is 59.7 Å². The lowest BCUT2D eigenvalue weighted by Crippen LogP contribution is -2.45. The molecule has 1 atom stereocenters. The average Bonchev–Trinajstić information content (AvgIpc) is 2.65. The van der Waals surface area contributed by atoms with Crippen molar-refractivity contribution in [1.82, 2.24) is 10.6 Å². The summed E-state index contributed by atoms with van der Waals surface area (Å²) >= 11 is 0. The van der Waals surface area contributed by atoms with Crippen LogP contribution >= 0.6 is 12.4 Å². The number of carbonyl (C=O) groups is 2. The summed E-state index contributed by atoms with van der Waals surface area (Å²) in [6.07, 6.45) is 2.04. The van der Waals surface area contributed by atoms with Crippen molar-refractivity contribution >= 4 is 35.7 Å². The van der Waals surface area contributed by atoms with Crippen molar-refractivity contribution in [2.75, 3.05) is 23.7 Å². The predicted octanol–water partition coefficient (Wildman–Crippen LogP) is 3.54. The van der Waals surface area contributed by atoms with E-state index in [9.17, 15) is 9.59 Å². The number of benzene rings is 2. The highest BCUT2D eigenvalue weighted by atomic mass is 35.5. The molecule has 1 aliphatic heterocycles. The molecular weight excluding hydrogens is 364 g/mol. The first-order valence-corrected chi connectivity index (χ1v) is 8.87. The first-order chi connectivity index (χ1) is 12.6. The van der Waals surface area contributed by atoms with Gasteiger partial charge in [0.05, 0.1) is 0 Å². The van der Waals surface area contributed by atoms with Crippen LogP contribution in [0.1, 0.15) is 28.8 Å². The van der Waals surface area contributed by atoms with Gasteiger partial charge in [-0.25, -0.2) is 4.79 Å². The highest BCUT2D eigenvalue weighted by Crippen LogP contribution is 2.18. The van der Waals surface area contributed by atoms with Crippen LogP contribution in [0.2, 0.25) is 0 Å². The number of nitrogens with one attached hydrogen (secondary N) is 4. The van der Waals surface area contributed by atoms with Crippen molar-refractivity contribution in [3.8, 4) is 0 Å². The number of para-hydroxylation sites is 1. The summed E-state index contributed by atoms with van der Waals surface area (Å²) in [7, 11) is 0. The molecule has 0 aromatic heterocycles. The van der Waals surface area contributed by atoms with E-state index < -0.39 is 0 Å². The van der Waals surface area contributed by atoms with Crippen LogP contribution in [-0.4, -0.2) is 31.1 Å². The fraction of sp³-hybridized carbons (Fsp3) is 0.300. The van der Waals surface area contributed by atoms with Gasteiger partial charge in [-0.15, -0.1) is 12.4 Å². The minimum Gasteiger partial charge on any atom is -0.348 e.